The van der Waals surface area contributed by atoms with Gasteiger partial charge in [0.1, 0.15) is 5.75 Å². The standard InChI is InChI=1S/C23H28ClNO4/c1-6-20(29-17-11-8-15(9-12-17)23(3,4)5)21(26)25-16-10-13-18(19(24)14-16)22(27)28-7-2/h8-14,20H,6-7H2,1-5H3,(H,25,26)/t20-/m1/s1. The fourth-order valence-electron chi connectivity index (χ4n) is 2.71. The lowest BCUT2D eigenvalue weighted by Crippen LogP contribution is -2.32. The van der Waals surface area contributed by atoms with Gasteiger partial charge in [0, 0.05) is 5.69 Å². The number of rotatable bonds is 7. The third-order valence-corrected chi connectivity index (χ3v) is 4.71. The molecule has 0 bridgehead atoms. The molecule has 6 heteroatoms. The van der Waals surface area contributed by atoms with Crippen molar-refractivity contribution in [3.05, 3.63) is 58.6 Å². The number of benzene rings is 2. The predicted molar refractivity (Wildman–Crippen MR) is 116 cm³/mol. The van der Waals surface area contributed by atoms with Gasteiger partial charge in [0.2, 0.25) is 0 Å². The van der Waals surface area contributed by atoms with Crippen LogP contribution >= 0.6 is 11.6 Å². The number of hydrogen-bond donors (Lipinski definition) is 1. The van der Waals surface area contributed by atoms with Crippen LogP contribution in [-0.2, 0) is 14.9 Å². The maximum Gasteiger partial charge on any atom is 0.339 e. The molecule has 0 saturated heterocycles. The summed E-state index contributed by atoms with van der Waals surface area (Å²) >= 11 is 6.15. The van der Waals surface area contributed by atoms with Gasteiger partial charge in [-0.25, -0.2) is 4.79 Å². The zero-order valence-corrected chi connectivity index (χ0v) is 18.3. The second kappa shape index (κ2) is 9.79. The Morgan fingerprint density at radius 2 is 1.72 bits per heavy atom. The van der Waals surface area contributed by atoms with Crippen molar-refractivity contribution in [2.24, 2.45) is 0 Å². The normalized spacial score (nSPS) is 12.2. The third-order valence-electron chi connectivity index (χ3n) is 4.39. The minimum atomic E-state index is -0.654. The van der Waals surface area contributed by atoms with Crippen LogP contribution in [0.5, 0.6) is 5.75 Å². The molecule has 1 N–H and O–H groups in total. The molecule has 0 fully saturated rings. The highest BCUT2D eigenvalue weighted by Gasteiger charge is 2.20. The Balaban J connectivity index is 2.06. The van der Waals surface area contributed by atoms with Gasteiger partial charge in [0.25, 0.3) is 5.91 Å². The summed E-state index contributed by atoms with van der Waals surface area (Å²) in [7, 11) is 0. The van der Waals surface area contributed by atoms with E-state index in [9.17, 15) is 9.59 Å². The lowest BCUT2D eigenvalue weighted by atomic mass is 9.87. The van der Waals surface area contributed by atoms with Gasteiger partial charge in [0.15, 0.2) is 6.10 Å². The van der Waals surface area contributed by atoms with Crippen molar-refractivity contribution in [3.8, 4) is 5.75 Å². The zero-order valence-electron chi connectivity index (χ0n) is 17.5. The number of anilines is 1. The van der Waals surface area contributed by atoms with Gasteiger partial charge in [-0.05, 0) is 54.7 Å². The highest BCUT2D eigenvalue weighted by molar-refractivity contribution is 6.34. The monoisotopic (exact) mass is 417 g/mol. The SMILES string of the molecule is CCOC(=O)c1ccc(NC(=O)[C@@H](CC)Oc2ccc(C(C)(C)C)cc2)cc1Cl. The second-order valence-electron chi connectivity index (χ2n) is 7.69. The van der Waals surface area contributed by atoms with Crippen molar-refractivity contribution < 1.29 is 19.1 Å². The molecule has 0 aliphatic rings. The van der Waals surface area contributed by atoms with Gasteiger partial charge in [0.05, 0.1) is 17.2 Å². The molecular formula is C23H28ClNO4. The van der Waals surface area contributed by atoms with Crippen LogP contribution < -0.4 is 10.1 Å². The van der Waals surface area contributed by atoms with Crippen molar-refractivity contribution in [3.63, 3.8) is 0 Å². The fourth-order valence-corrected chi connectivity index (χ4v) is 2.97. The molecule has 2 aromatic carbocycles. The second-order valence-corrected chi connectivity index (χ2v) is 8.10. The van der Waals surface area contributed by atoms with E-state index in [0.717, 1.165) is 0 Å². The van der Waals surface area contributed by atoms with Crippen LogP contribution in [-0.4, -0.2) is 24.6 Å². The number of esters is 1. The summed E-state index contributed by atoms with van der Waals surface area (Å²) in [4.78, 5) is 24.5. The Morgan fingerprint density at radius 1 is 1.07 bits per heavy atom. The third kappa shape index (κ3) is 6.23. The minimum Gasteiger partial charge on any atom is -0.481 e. The number of ether oxygens (including phenoxy) is 2. The number of amides is 1. The van der Waals surface area contributed by atoms with E-state index in [2.05, 4.69) is 26.1 Å². The number of carbonyl (C=O) groups is 2. The molecule has 5 nitrogen and oxygen atoms in total. The molecule has 0 heterocycles. The maximum absolute atomic E-state index is 12.6. The Labute approximate surface area is 177 Å². The van der Waals surface area contributed by atoms with E-state index in [1.165, 1.54) is 17.7 Å². The summed E-state index contributed by atoms with van der Waals surface area (Å²) in [6, 6.07) is 12.4. The molecule has 0 aromatic heterocycles. The van der Waals surface area contributed by atoms with Crippen molar-refractivity contribution >= 4 is 29.2 Å². The first kappa shape index (κ1) is 22.8. The summed E-state index contributed by atoms with van der Waals surface area (Å²) in [5, 5.41) is 3.00. The van der Waals surface area contributed by atoms with E-state index in [1.807, 2.05) is 31.2 Å². The predicted octanol–water partition coefficient (Wildman–Crippen LogP) is 5.61. The van der Waals surface area contributed by atoms with Crippen LogP contribution in [0.15, 0.2) is 42.5 Å². The molecule has 0 radical (unpaired) electrons. The van der Waals surface area contributed by atoms with Crippen LogP contribution in [0.1, 0.15) is 57.0 Å². The lowest BCUT2D eigenvalue weighted by Gasteiger charge is -2.21. The molecule has 29 heavy (non-hydrogen) atoms. The average molecular weight is 418 g/mol. The number of halogens is 1. The first-order valence-corrected chi connectivity index (χ1v) is 10.1. The number of nitrogens with one attached hydrogen (secondary N) is 1. The van der Waals surface area contributed by atoms with E-state index in [-0.39, 0.29) is 28.5 Å². The highest BCUT2D eigenvalue weighted by atomic mass is 35.5. The highest BCUT2D eigenvalue weighted by Crippen LogP contribution is 2.26. The topological polar surface area (TPSA) is 64.6 Å². The fraction of sp³-hybridized carbons (Fsp3) is 0.391. The first-order chi connectivity index (χ1) is 13.7. The first-order valence-electron chi connectivity index (χ1n) is 9.70. The molecule has 156 valence electrons. The van der Waals surface area contributed by atoms with Crippen molar-refractivity contribution in [1.82, 2.24) is 0 Å². The molecule has 0 unspecified atom stereocenters. The summed E-state index contributed by atoms with van der Waals surface area (Å²) in [5.41, 5.74) is 1.99. The summed E-state index contributed by atoms with van der Waals surface area (Å²) < 4.78 is 10.8. The average Bonchev–Trinajstić information content (AvgIpc) is 2.66. The largest absolute Gasteiger partial charge is 0.481 e. The van der Waals surface area contributed by atoms with Gasteiger partial charge < -0.3 is 14.8 Å². The van der Waals surface area contributed by atoms with Crippen LogP contribution in [0.4, 0.5) is 5.69 Å². The zero-order chi connectivity index (χ0) is 21.6. The summed E-state index contributed by atoms with van der Waals surface area (Å²) in [6.45, 7) is 10.3. The Kier molecular flexibility index (Phi) is 7.68. The maximum atomic E-state index is 12.6. The van der Waals surface area contributed by atoms with Crippen LogP contribution in [0.25, 0.3) is 0 Å². The van der Waals surface area contributed by atoms with Gasteiger partial charge in [-0.3, -0.25) is 4.79 Å². The quantitative estimate of drug-likeness (QED) is 0.594. The smallest absolute Gasteiger partial charge is 0.339 e. The van der Waals surface area contributed by atoms with Crippen LogP contribution in [0.2, 0.25) is 5.02 Å². The van der Waals surface area contributed by atoms with Crippen molar-refractivity contribution in [2.45, 2.75) is 52.6 Å². The van der Waals surface area contributed by atoms with Gasteiger partial charge in [-0.1, -0.05) is 51.4 Å². The van der Waals surface area contributed by atoms with Crippen LogP contribution in [0.3, 0.4) is 0 Å². The summed E-state index contributed by atoms with van der Waals surface area (Å²) in [5.74, 6) is -0.146. The number of hydrogen-bond acceptors (Lipinski definition) is 4. The molecular weight excluding hydrogens is 390 g/mol. The molecule has 1 atom stereocenters. The molecule has 2 aromatic rings. The van der Waals surface area contributed by atoms with E-state index in [0.29, 0.717) is 17.9 Å². The van der Waals surface area contributed by atoms with E-state index in [4.69, 9.17) is 21.1 Å². The van der Waals surface area contributed by atoms with Gasteiger partial charge in [-0.15, -0.1) is 0 Å². The molecule has 0 aliphatic carbocycles. The van der Waals surface area contributed by atoms with Gasteiger partial charge >= 0.3 is 5.97 Å². The van der Waals surface area contributed by atoms with E-state index < -0.39 is 12.1 Å². The minimum absolute atomic E-state index is 0.0506. The molecule has 2 rings (SSSR count). The molecule has 1 amide bonds. The van der Waals surface area contributed by atoms with E-state index in [1.54, 1.807) is 13.0 Å². The Bertz CT molecular complexity index is 856. The Hall–Kier alpha value is -2.53. The van der Waals surface area contributed by atoms with Gasteiger partial charge in [-0.2, -0.15) is 0 Å². The number of carbonyl (C=O) groups excluding carboxylic acids is 2. The molecule has 0 aliphatic heterocycles. The van der Waals surface area contributed by atoms with Crippen molar-refractivity contribution in [1.29, 1.82) is 0 Å². The lowest BCUT2D eigenvalue weighted by molar-refractivity contribution is -0.122. The van der Waals surface area contributed by atoms with Crippen LogP contribution in [0, 0.1) is 0 Å². The Morgan fingerprint density at radius 3 is 2.24 bits per heavy atom. The van der Waals surface area contributed by atoms with E-state index >= 15 is 0 Å². The molecule has 0 saturated carbocycles. The van der Waals surface area contributed by atoms with Crippen molar-refractivity contribution in [2.75, 3.05) is 11.9 Å². The molecule has 0 spiro atoms. The summed E-state index contributed by atoms with van der Waals surface area (Å²) in [6.07, 6.45) is -0.152.